The van der Waals surface area contributed by atoms with Crippen molar-refractivity contribution < 1.29 is 20.1 Å². The van der Waals surface area contributed by atoms with Crippen molar-refractivity contribution in [2.45, 2.75) is 24.5 Å². The van der Waals surface area contributed by atoms with Gasteiger partial charge < -0.3 is 20.1 Å². The molecule has 1 aliphatic heterocycles. The van der Waals surface area contributed by atoms with Gasteiger partial charge in [0, 0.05) is 12.3 Å². The van der Waals surface area contributed by atoms with Crippen LogP contribution in [0.25, 0.3) is 0 Å². The highest BCUT2D eigenvalue weighted by Gasteiger charge is 2.43. The lowest BCUT2D eigenvalue weighted by molar-refractivity contribution is -0.0550. The molecule has 0 spiro atoms. The third-order valence-electron chi connectivity index (χ3n) is 2.64. The van der Waals surface area contributed by atoms with Crippen LogP contribution in [0.1, 0.15) is 6.23 Å². The van der Waals surface area contributed by atoms with E-state index in [2.05, 4.69) is 0 Å². The fraction of sp³-hybridized carbons (Fsp3) is 0.556. The molecule has 1 saturated heterocycles. The highest BCUT2D eigenvalue weighted by Crippen LogP contribution is 2.27. The zero-order valence-corrected chi connectivity index (χ0v) is 8.68. The van der Waals surface area contributed by atoms with Gasteiger partial charge in [0.15, 0.2) is 6.23 Å². The smallest absolute Gasteiger partial charge is 0.330 e. The number of aliphatic hydroxyl groups excluding tert-OH is 3. The highest BCUT2D eigenvalue weighted by atomic mass is 16.6. The number of aromatic amines is 1. The van der Waals surface area contributed by atoms with Crippen LogP contribution >= 0.6 is 0 Å². The summed E-state index contributed by atoms with van der Waals surface area (Å²) in [5, 5.41) is 28.1. The molecule has 1 aromatic rings. The van der Waals surface area contributed by atoms with Crippen molar-refractivity contribution in [1.29, 1.82) is 0 Å². The van der Waals surface area contributed by atoms with Crippen molar-refractivity contribution in [3.05, 3.63) is 33.1 Å². The minimum absolute atomic E-state index is 0.479. The zero-order chi connectivity index (χ0) is 12.6. The predicted molar refractivity (Wildman–Crippen MR) is 54.3 cm³/mol. The summed E-state index contributed by atoms with van der Waals surface area (Å²) in [6.45, 7) is -0.479. The van der Waals surface area contributed by atoms with Crippen LogP contribution in [0.15, 0.2) is 21.9 Å². The molecule has 1 aliphatic rings. The van der Waals surface area contributed by atoms with Crippen LogP contribution in [-0.2, 0) is 4.74 Å². The van der Waals surface area contributed by atoms with Gasteiger partial charge in [-0.2, -0.15) is 0 Å². The molecule has 1 fully saturated rings. The molecule has 8 nitrogen and oxygen atoms in total. The van der Waals surface area contributed by atoms with Crippen LogP contribution < -0.4 is 11.2 Å². The summed E-state index contributed by atoms with van der Waals surface area (Å²) in [6, 6.07) is 1.09. The Morgan fingerprint density at radius 2 is 2.06 bits per heavy atom. The number of nitrogens with one attached hydrogen (secondary N) is 1. The van der Waals surface area contributed by atoms with E-state index in [-0.39, 0.29) is 0 Å². The van der Waals surface area contributed by atoms with E-state index in [1.54, 1.807) is 0 Å². The molecule has 0 aromatic carbocycles. The van der Waals surface area contributed by atoms with Gasteiger partial charge in [0.2, 0.25) is 0 Å². The fourth-order valence-corrected chi connectivity index (χ4v) is 1.74. The SMILES string of the molecule is O=c1ccn([C@H]2O[C@H](CO)[C@H](O)C2O)c(=O)[nH]1. The predicted octanol–water partition coefficient (Wildman–Crippen LogP) is -2.85. The van der Waals surface area contributed by atoms with Crippen molar-refractivity contribution in [3.63, 3.8) is 0 Å². The van der Waals surface area contributed by atoms with Crippen LogP contribution in [0.5, 0.6) is 0 Å². The molecule has 0 amide bonds. The molecule has 2 rings (SSSR count). The van der Waals surface area contributed by atoms with Gasteiger partial charge in [-0.3, -0.25) is 14.3 Å². The standard InChI is InChI=1S/C9H12N2O6/c12-3-4-6(14)7(15)8(17-4)11-2-1-5(13)10-9(11)16/h1-2,4,6-8,12,14-15H,3H2,(H,10,13,16)/t4-,6+,7?,8+/m1/s1. The van der Waals surface area contributed by atoms with Crippen molar-refractivity contribution in [2.75, 3.05) is 6.61 Å². The fourth-order valence-electron chi connectivity index (χ4n) is 1.74. The number of rotatable bonds is 2. The van der Waals surface area contributed by atoms with Crippen LogP contribution in [0.2, 0.25) is 0 Å². The molecule has 0 radical (unpaired) electrons. The number of nitrogens with zero attached hydrogens (tertiary/aromatic N) is 1. The molecule has 1 unspecified atom stereocenters. The van der Waals surface area contributed by atoms with Crippen LogP contribution in [0.4, 0.5) is 0 Å². The summed E-state index contributed by atoms with van der Waals surface area (Å²) >= 11 is 0. The average molecular weight is 244 g/mol. The van der Waals surface area contributed by atoms with Gasteiger partial charge in [-0.15, -0.1) is 0 Å². The molecule has 4 atom stereocenters. The summed E-state index contributed by atoms with van der Waals surface area (Å²) in [5.41, 5.74) is -1.33. The lowest BCUT2D eigenvalue weighted by atomic mass is 10.1. The molecule has 2 heterocycles. The maximum Gasteiger partial charge on any atom is 0.330 e. The maximum atomic E-state index is 11.4. The Kier molecular flexibility index (Phi) is 3.11. The summed E-state index contributed by atoms with van der Waals surface area (Å²) in [4.78, 5) is 24.3. The van der Waals surface area contributed by atoms with E-state index in [9.17, 15) is 19.8 Å². The van der Waals surface area contributed by atoms with Gasteiger partial charge >= 0.3 is 5.69 Å². The molecule has 0 saturated carbocycles. The zero-order valence-electron chi connectivity index (χ0n) is 8.68. The quantitative estimate of drug-likeness (QED) is 0.444. The molecular weight excluding hydrogens is 232 g/mol. The summed E-state index contributed by atoms with van der Waals surface area (Å²) in [6.07, 6.45) is -3.58. The Balaban J connectivity index is 2.35. The molecule has 17 heavy (non-hydrogen) atoms. The van der Waals surface area contributed by atoms with Gasteiger partial charge in [0.25, 0.3) is 5.56 Å². The van der Waals surface area contributed by atoms with Crippen LogP contribution in [-0.4, -0.2) is 49.8 Å². The first kappa shape index (κ1) is 12.0. The second-order valence-corrected chi connectivity index (χ2v) is 3.75. The van der Waals surface area contributed by atoms with E-state index in [4.69, 9.17) is 9.84 Å². The van der Waals surface area contributed by atoms with E-state index >= 15 is 0 Å². The van der Waals surface area contributed by atoms with E-state index in [1.165, 1.54) is 0 Å². The molecule has 0 aliphatic carbocycles. The van der Waals surface area contributed by atoms with E-state index in [0.29, 0.717) is 0 Å². The van der Waals surface area contributed by atoms with E-state index in [1.807, 2.05) is 4.98 Å². The van der Waals surface area contributed by atoms with Gasteiger partial charge in [-0.05, 0) is 0 Å². The second-order valence-electron chi connectivity index (χ2n) is 3.75. The maximum absolute atomic E-state index is 11.4. The van der Waals surface area contributed by atoms with Gasteiger partial charge in [-0.1, -0.05) is 0 Å². The largest absolute Gasteiger partial charge is 0.394 e. The Morgan fingerprint density at radius 3 is 2.59 bits per heavy atom. The Hall–Kier alpha value is -1.48. The number of hydrogen-bond acceptors (Lipinski definition) is 6. The van der Waals surface area contributed by atoms with Crippen molar-refractivity contribution in [2.24, 2.45) is 0 Å². The van der Waals surface area contributed by atoms with Crippen molar-refractivity contribution in [3.8, 4) is 0 Å². The lowest BCUT2D eigenvalue weighted by Gasteiger charge is -2.16. The number of aliphatic hydroxyl groups is 3. The molecule has 94 valence electrons. The van der Waals surface area contributed by atoms with Crippen molar-refractivity contribution >= 4 is 0 Å². The number of hydrogen-bond donors (Lipinski definition) is 4. The van der Waals surface area contributed by atoms with Crippen LogP contribution in [0.3, 0.4) is 0 Å². The Labute approximate surface area is 94.7 Å². The Bertz CT molecular complexity index is 509. The first-order valence-corrected chi connectivity index (χ1v) is 4.98. The molecule has 0 bridgehead atoms. The number of aromatic nitrogens is 2. The lowest BCUT2D eigenvalue weighted by Crippen LogP contribution is -2.37. The number of ether oxygens (including phenoxy) is 1. The monoisotopic (exact) mass is 244 g/mol. The van der Waals surface area contributed by atoms with Gasteiger partial charge in [0.1, 0.15) is 18.3 Å². The molecule has 1 aromatic heterocycles. The van der Waals surface area contributed by atoms with Crippen molar-refractivity contribution in [1.82, 2.24) is 9.55 Å². The molecular formula is C9H12N2O6. The first-order valence-electron chi connectivity index (χ1n) is 4.98. The van der Waals surface area contributed by atoms with Crippen LogP contribution in [0, 0.1) is 0 Å². The van der Waals surface area contributed by atoms with E-state index < -0.39 is 42.4 Å². The summed E-state index contributed by atoms with van der Waals surface area (Å²) in [5.74, 6) is 0. The third-order valence-corrected chi connectivity index (χ3v) is 2.64. The molecule has 4 N–H and O–H groups in total. The normalized spacial score (nSPS) is 32.9. The summed E-state index contributed by atoms with van der Waals surface area (Å²) < 4.78 is 6.08. The second kappa shape index (κ2) is 4.41. The topological polar surface area (TPSA) is 125 Å². The minimum atomic E-state index is -1.35. The summed E-state index contributed by atoms with van der Waals surface area (Å²) in [7, 11) is 0. The Morgan fingerprint density at radius 1 is 1.35 bits per heavy atom. The molecule has 8 heteroatoms. The van der Waals surface area contributed by atoms with Gasteiger partial charge in [0.05, 0.1) is 6.61 Å². The highest BCUT2D eigenvalue weighted by molar-refractivity contribution is 4.92. The number of H-pyrrole nitrogens is 1. The minimum Gasteiger partial charge on any atom is -0.394 e. The van der Waals surface area contributed by atoms with E-state index in [0.717, 1.165) is 16.8 Å². The third kappa shape index (κ3) is 2.03. The average Bonchev–Trinajstić information content (AvgIpc) is 2.57. The first-order chi connectivity index (χ1) is 8.04. The van der Waals surface area contributed by atoms with Gasteiger partial charge in [-0.25, -0.2) is 4.79 Å².